The van der Waals surface area contributed by atoms with Crippen LogP contribution in [0, 0.1) is 11.8 Å². The number of aromatic nitrogens is 1. The quantitative estimate of drug-likeness (QED) is 0.750. The predicted octanol–water partition coefficient (Wildman–Crippen LogP) is 1.97. The van der Waals surface area contributed by atoms with Crippen molar-refractivity contribution in [2.75, 3.05) is 6.54 Å². The van der Waals surface area contributed by atoms with Crippen LogP contribution in [0.15, 0.2) is 17.2 Å². The zero-order valence-corrected chi connectivity index (χ0v) is 12.9. The monoisotopic (exact) mass is 299 g/mol. The zero-order valence-electron chi connectivity index (χ0n) is 12.1. The summed E-state index contributed by atoms with van der Waals surface area (Å²) >= 11 is 0. The third kappa shape index (κ3) is 4.07. The fraction of sp³-hybridized carbons (Fsp3) is 0.714. The van der Waals surface area contributed by atoms with Crippen molar-refractivity contribution in [3.63, 3.8) is 0 Å². The van der Waals surface area contributed by atoms with E-state index in [-0.39, 0.29) is 4.90 Å². The molecule has 2 atom stereocenters. The van der Waals surface area contributed by atoms with Crippen LogP contribution in [0.3, 0.4) is 0 Å². The van der Waals surface area contributed by atoms with Gasteiger partial charge in [0.2, 0.25) is 10.0 Å². The lowest BCUT2D eigenvalue weighted by atomic mass is 9.81. The van der Waals surface area contributed by atoms with Crippen LogP contribution in [0.1, 0.15) is 44.7 Å². The Kier molecular flexibility index (Phi) is 5.23. The molecule has 6 heteroatoms. The first-order chi connectivity index (χ1) is 9.51. The molecule has 1 aliphatic carbocycles. The topological polar surface area (TPSA) is 88.0 Å². The van der Waals surface area contributed by atoms with Crippen LogP contribution in [0.25, 0.3) is 0 Å². The van der Waals surface area contributed by atoms with Gasteiger partial charge in [-0.1, -0.05) is 26.2 Å². The highest BCUT2D eigenvalue weighted by atomic mass is 32.2. The molecular formula is C14H25N3O2S. The SMILES string of the molecule is CC1CCCC(CCNS(=O)(=O)c2c[nH]c(CN)c2)C1. The molecule has 20 heavy (non-hydrogen) atoms. The van der Waals surface area contributed by atoms with E-state index < -0.39 is 10.0 Å². The Balaban J connectivity index is 1.83. The summed E-state index contributed by atoms with van der Waals surface area (Å²) < 4.78 is 26.9. The lowest BCUT2D eigenvalue weighted by Gasteiger charge is -2.26. The van der Waals surface area contributed by atoms with Gasteiger partial charge in [0.15, 0.2) is 0 Å². The highest BCUT2D eigenvalue weighted by Crippen LogP contribution is 2.30. The molecule has 1 aromatic heterocycles. The maximum atomic E-state index is 12.1. The molecule has 4 N–H and O–H groups in total. The van der Waals surface area contributed by atoms with Crippen LogP contribution < -0.4 is 10.5 Å². The predicted molar refractivity (Wildman–Crippen MR) is 79.6 cm³/mol. The smallest absolute Gasteiger partial charge is 0.242 e. The maximum absolute atomic E-state index is 12.1. The molecule has 5 nitrogen and oxygen atoms in total. The first-order valence-electron chi connectivity index (χ1n) is 7.38. The van der Waals surface area contributed by atoms with E-state index in [0.29, 0.717) is 19.0 Å². The van der Waals surface area contributed by atoms with Crippen molar-refractivity contribution in [1.82, 2.24) is 9.71 Å². The second-order valence-electron chi connectivity index (χ2n) is 5.89. The van der Waals surface area contributed by atoms with Crippen LogP contribution in [-0.4, -0.2) is 19.9 Å². The molecule has 1 aliphatic rings. The summed E-state index contributed by atoms with van der Waals surface area (Å²) in [6.45, 7) is 3.11. The number of sulfonamides is 1. The summed E-state index contributed by atoms with van der Waals surface area (Å²) in [5, 5.41) is 0. The van der Waals surface area contributed by atoms with Crippen molar-refractivity contribution in [2.24, 2.45) is 17.6 Å². The summed E-state index contributed by atoms with van der Waals surface area (Å²) in [7, 11) is -3.40. The van der Waals surface area contributed by atoms with Crippen LogP contribution in [-0.2, 0) is 16.6 Å². The summed E-state index contributed by atoms with van der Waals surface area (Å²) in [5.74, 6) is 1.44. The van der Waals surface area contributed by atoms with Crippen molar-refractivity contribution < 1.29 is 8.42 Å². The Morgan fingerprint density at radius 3 is 2.90 bits per heavy atom. The molecular weight excluding hydrogens is 274 g/mol. The maximum Gasteiger partial charge on any atom is 0.242 e. The lowest BCUT2D eigenvalue weighted by Crippen LogP contribution is -2.27. The van der Waals surface area contributed by atoms with Crippen LogP contribution >= 0.6 is 0 Å². The van der Waals surface area contributed by atoms with Gasteiger partial charge in [-0.05, 0) is 30.7 Å². The molecule has 1 heterocycles. The van der Waals surface area contributed by atoms with E-state index in [1.807, 2.05) is 0 Å². The minimum atomic E-state index is -3.40. The van der Waals surface area contributed by atoms with Crippen LogP contribution in [0.4, 0.5) is 0 Å². The highest BCUT2D eigenvalue weighted by Gasteiger charge is 2.20. The fourth-order valence-electron chi connectivity index (χ4n) is 2.99. The summed E-state index contributed by atoms with van der Waals surface area (Å²) in [4.78, 5) is 3.14. The van der Waals surface area contributed by atoms with Gasteiger partial charge in [-0.25, -0.2) is 13.1 Å². The Hall–Kier alpha value is -0.850. The average Bonchev–Trinajstić information content (AvgIpc) is 2.88. The van der Waals surface area contributed by atoms with E-state index in [0.717, 1.165) is 18.0 Å². The Labute approximate surface area is 121 Å². The number of nitrogens with one attached hydrogen (secondary N) is 2. The van der Waals surface area contributed by atoms with Crippen molar-refractivity contribution >= 4 is 10.0 Å². The molecule has 0 amide bonds. The molecule has 0 spiro atoms. The normalized spacial score (nSPS) is 23.9. The van der Waals surface area contributed by atoms with E-state index in [2.05, 4.69) is 16.6 Å². The molecule has 1 fully saturated rings. The second kappa shape index (κ2) is 6.74. The van der Waals surface area contributed by atoms with Gasteiger partial charge < -0.3 is 10.7 Å². The van der Waals surface area contributed by atoms with Gasteiger partial charge in [-0.2, -0.15) is 0 Å². The number of rotatable bonds is 6. The minimum absolute atomic E-state index is 0.273. The van der Waals surface area contributed by atoms with Gasteiger partial charge >= 0.3 is 0 Å². The largest absolute Gasteiger partial charge is 0.363 e. The molecule has 114 valence electrons. The van der Waals surface area contributed by atoms with Gasteiger partial charge in [0.25, 0.3) is 0 Å². The third-order valence-electron chi connectivity index (χ3n) is 4.14. The van der Waals surface area contributed by atoms with Crippen LogP contribution in [0.5, 0.6) is 0 Å². The summed E-state index contributed by atoms with van der Waals surface area (Å²) in [6, 6.07) is 1.59. The second-order valence-corrected chi connectivity index (χ2v) is 7.66. The molecule has 0 saturated heterocycles. The van der Waals surface area contributed by atoms with E-state index in [4.69, 9.17) is 5.73 Å². The number of hydrogen-bond acceptors (Lipinski definition) is 3. The first-order valence-corrected chi connectivity index (χ1v) is 8.86. The minimum Gasteiger partial charge on any atom is -0.363 e. The first kappa shape index (κ1) is 15.5. The Morgan fingerprint density at radius 1 is 1.45 bits per heavy atom. The zero-order chi connectivity index (χ0) is 14.6. The van der Waals surface area contributed by atoms with E-state index in [1.165, 1.54) is 31.9 Å². The van der Waals surface area contributed by atoms with Crippen molar-refractivity contribution in [3.8, 4) is 0 Å². The van der Waals surface area contributed by atoms with Gasteiger partial charge in [0.05, 0.1) is 4.90 Å². The van der Waals surface area contributed by atoms with Crippen molar-refractivity contribution in [1.29, 1.82) is 0 Å². The Morgan fingerprint density at radius 2 is 2.25 bits per heavy atom. The van der Waals surface area contributed by atoms with Gasteiger partial charge in [0, 0.05) is 25.0 Å². The standard InChI is InChI=1S/C14H25N3O2S/c1-11-3-2-4-12(7-11)5-6-17-20(18,19)14-8-13(9-15)16-10-14/h8,10-12,16-17H,2-7,9,15H2,1H3. The summed E-state index contributed by atoms with van der Waals surface area (Å²) in [5.41, 5.74) is 6.20. The van der Waals surface area contributed by atoms with E-state index >= 15 is 0 Å². The van der Waals surface area contributed by atoms with Crippen molar-refractivity contribution in [3.05, 3.63) is 18.0 Å². The number of H-pyrrole nitrogens is 1. The van der Waals surface area contributed by atoms with Gasteiger partial charge in [0.1, 0.15) is 0 Å². The number of nitrogens with two attached hydrogens (primary N) is 1. The molecule has 1 aromatic rings. The third-order valence-corrected chi connectivity index (χ3v) is 5.58. The molecule has 2 unspecified atom stereocenters. The molecule has 1 saturated carbocycles. The number of aromatic amines is 1. The molecule has 0 bridgehead atoms. The van der Waals surface area contributed by atoms with Gasteiger partial charge in [-0.3, -0.25) is 0 Å². The molecule has 0 aromatic carbocycles. The van der Waals surface area contributed by atoms with Gasteiger partial charge in [-0.15, -0.1) is 0 Å². The molecule has 0 radical (unpaired) electrons. The average molecular weight is 299 g/mol. The Bertz CT molecular complexity index is 524. The fourth-order valence-corrected chi connectivity index (χ4v) is 4.06. The van der Waals surface area contributed by atoms with E-state index in [9.17, 15) is 8.42 Å². The van der Waals surface area contributed by atoms with Crippen molar-refractivity contribution in [2.45, 2.75) is 50.5 Å². The number of hydrogen-bond donors (Lipinski definition) is 3. The lowest BCUT2D eigenvalue weighted by molar-refractivity contribution is 0.271. The highest BCUT2D eigenvalue weighted by molar-refractivity contribution is 7.89. The molecule has 0 aliphatic heterocycles. The van der Waals surface area contributed by atoms with Crippen LogP contribution in [0.2, 0.25) is 0 Å². The molecule has 2 rings (SSSR count). The van der Waals surface area contributed by atoms with E-state index in [1.54, 1.807) is 6.07 Å². The summed E-state index contributed by atoms with van der Waals surface area (Å²) in [6.07, 6.45) is 7.46.